The van der Waals surface area contributed by atoms with Crippen molar-refractivity contribution in [3.05, 3.63) is 11.4 Å². The van der Waals surface area contributed by atoms with E-state index >= 15 is 0 Å². The van der Waals surface area contributed by atoms with E-state index in [0.717, 1.165) is 0 Å². The van der Waals surface area contributed by atoms with Crippen molar-refractivity contribution >= 4 is 11.9 Å². The van der Waals surface area contributed by atoms with E-state index in [0.29, 0.717) is 31.5 Å². The minimum atomic E-state index is -1.13. The molecule has 8 nitrogen and oxygen atoms in total. The molecule has 0 aliphatic heterocycles. The Morgan fingerprint density at radius 3 is 2.72 bits per heavy atom. The fraction of sp³-hybridized carbons (Fsp3) is 0.600. The number of carboxylic acids is 1. The predicted molar refractivity (Wildman–Crippen MR) is 60.7 cm³/mol. The molecule has 0 saturated heterocycles. The van der Waals surface area contributed by atoms with Crippen LogP contribution in [0.5, 0.6) is 0 Å². The minimum absolute atomic E-state index is 0.105. The first-order chi connectivity index (χ1) is 8.56. The van der Waals surface area contributed by atoms with Gasteiger partial charge in [-0.3, -0.25) is 4.79 Å². The van der Waals surface area contributed by atoms with Crippen molar-refractivity contribution in [1.29, 1.82) is 0 Å². The molecule has 3 N–H and O–H groups in total. The largest absolute Gasteiger partial charge is 0.476 e. The van der Waals surface area contributed by atoms with Crippen LogP contribution in [0.3, 0.4) is 0 Å². The number of primary amides is 1. The Labute approximate surface area is 104 Å². The molecule has 0 aliphatic carbocycles. The number of carbonyl (C=O) groups excluding carboxylic acids is 1. The maximum atomic E-state index is 10.9. The van der Waals surface area contributed by atoms with E-state index in [4.69, 9.17) is 15.6 Å². The zero-order valence-corrected chi connectivity index (χ0v) is 10.1. The molecular formula is C10H16N4O4. The zero-order chi connectivity index (χ0) is 13.5. The fourth-order valence-electron chi connectivity index (χ4n) is 1.52. The van der Waals surface area contributed by atoms with E-state index in [1.54, 1.807) is 0 Å². The second kappa shape index (κ2) is 6.70. The van der Waals surface area contributed by atoms with Crippen LogP contribution in [0.1, 0.15) is 35.4 Å². The Kier molecular flexibility index (Phi) is 5.25. The number of rotatable bonds is 8. The van der Waals surface area contributed by atoms with E-state index < -0.39 is 5.97 Å². The van der Waals surface area contributed by atoms with Crippen LogP contribution in [0.15, 0.2) is 0 Å². The monoisotopic (exact) mass is 256 g/mol. The molecule has 100 valence electrons. The Bertz CT molecular complexity index is 430. The van der Waals surface area contributed by atoms with Crippen LogP contribution in [0.25, 0.3) is 0 Å². The SMILES string of the molecule is COCc1c(C(=O)O)nnn1CCCCC(N)=O. The number of hydrogen-bond donors (Lipinski definition) is 2. The van der Waals surface area contributed by atoms with Crippen LogP contribution in [0.2, 0.25) is 0 Å². The lowest BCUT2D eigenvalue weighted by Gasteiger charge is -2.05. The quantitative estimate of drug-likeness (QED) is 0.620. The highest BCUT2D eigenvalue weighted by molar-refractivity contribution is 5.86. The number of aromatic carboxylic acids is 1. The lowest BCUT2D eigenvalue weighted by molar-refractivity contribution is -0.118. The van der Waals surface area contributed by atoms with Gasteiger partial charge in [0, 0.05) is 20.1 Å². The molecule has 0 spiro atoms. The molecule has 8 heteroatoms. The first-order valence-electron chi connectivity index (χ1n) is 5.49. The molecule has 0 unspecified atom stereocenters. The molecule has 0 bridgehead atoms. The number of nitrogens with two attached hydrogens (primary N) is 1. The Balaban J connectivity index is 2.64. The summed E-state index contributed by atoms with van der Waals surface area (Å²) in [4.78, 5) is 21.5. The standard InChI is InChI=1S/C10H16N4O4/c1-18-6-7-9(10(16)17)12-13-14(7)5-3-2-4-8(11)15/h2-6H2,1H3,(H2,11,15)(H,16,17). The number of amides is 1. The third-order valence-corrected chi connectivity index (χ3v) is 2.36. The van der Waals surface area contributed by atoms with Gasteiger partial charge in [-0.1, -0.05) is 5.21 Å². The van der Waals surface area contributed by atoms with Crippen LogP contribution in [0, 0.1) is 0 Å². The van der Waals surface area contributed by atoms with Crippen molar-refractivity contribution < 1.29 is 19.4 Å². The number of unbranched alkanes of at least 4 members (excludes halogenated alkanes) is 1. The molecule has 0 radical (unpaired) electrons. The normalized spacial score (nSPS) is 10.5. The Morgan fingerprint density at radius 1 is 1.44 bits per heavy atom. The van der Waals surface area contributed by atoms with Crippen LogP contribution in [-0.2, 0) is 22.7 Å². The highest BCUT2D eigenvalue weighted by atomic mass is 16.5. The molecular weight excluding hydrogens is 240 g/mol. The lowest BCUT2D eigenvalue weighted by Crippen LogP contribution is -2.12. The first-order valence-corrected chi connectivity index (χ1v) is 5.49. The number of carbonyl (C=O) groups is 2. The summed E-state index contributed by atoms with van der Waals surface area (Å²) in [5, 5.41) is 16.3. The maximum absolute atomic E-state index is 10.9. The fourth-order valence-corrected chi connectivity index (χ4v) is 1.52. The van der Waals surface area contributed by atoms with Gasteiger partial charge in [0.2, 0.25) is 5.91 Å². The summed E-state index contributed by atoms with van der Waals surface area (Å²) < 4.78 is 6.40. The van der Waals surface area contributed by atoms with E-state index in [-0.39, 0.29) is 18.2 Å². The molecule has 1 aromatic rings. The molecule has 1 rings (SSSR count). The van der Waals surface area contributed by atoms with Gasteiger partial charge in [0.15, 0.2) is 5.69 Å². The summed E-state index contributed by atoms with van der Waals surface area (Å²) in [6.07, 6.45) is 1.60. The first kappa shape index (κ1) is 14.1. The lowest BCUT2D eigenvalue weighted by atomic mass is 10.2. The summed E-state index contributed by atoms with van der Waals surface area (Å²) >= 11 is 0. The number of aryl methyl sites for hydroxylation is 1. The minimum Gasteiger partial charge on any atom is -0.476 e. The van der Waals surface area contributed by atoms with Crippen molar-refractivity contribution in [2.24, 2.45) is 5.73 Å². The highest BCUT2D eigenvalue weighted by Crippen LogP contribution is 2.09. The van der Waals surface area contributed by atoms with Gasteiger partial charge in [0.05, 0.1) is 12.3 Å². The second-order valence-corrected chi connectivity index (χ2v) is 3.77. The van der Waals surface area contributed by atoms with Crippen molar-refractivity contribution in [3.63, 3.8) is 0 Å². The van der Waals surface area contributed by atoms with Gasteiger partial charge >= 0.3 is 5.97 Å². The summed E-state index contributed by atoms with van der Waals surface area (Å²) in [6, 6.07) is 0. The Hall–Kier alpha value is -1.96. The number of aromatic nitrogens is 3. The molecule has 0 atom stereocenters. The zero-order valence-electron chi connectivity index (χ0n) is 10.1. The second-order valence-electron chi connectivity index (χ2n) is 3.77. The van der Waals surface area contributed by atoms with E-state index in [1.807, 2.05) is 0 Å². The van der Waals surface area contributed by atoms with Gasteiger partial charge in [0.1, 0.15) is 0 Å². The van der Waals surface area contributed by atoms with Gasteiger partial charge in [-0.25, -0.2) is 9.48 Å². The van der Waals surface area contributed by atoms with E-state index in [1.165, 1.54) is 11.8 Å². The van der Waals surface area contributed by atoms with Crippen LogP contribution < -0.4 is 5.73 Å². The number of carboxylic acid groups (broad SMARTS) is 1. The van der Waals surface area contributed by atoms with E-state index in [2.05, 4.69) is 10.3 Å². The van der Waals surface area contributed by atoms with Crippen LogP contribution in [-0.4, -0.2) is 39.1 Å². The summed E-state index contributed by atoms with van der Waals surface area (Å²) in [7, 11) is 1.47. The van der Waals surface area contributed by atoms with Gasteiger partial charge in [-0.15, -0.1) is 5.10 Å². The number of nitrogens with zero attached hydrogens (tertiary/aromatic N) is 3. The van der Waals surface area contributed by atoms with Crippen molar-refractivity contribution in [1.82, 2.24) is 15.0 Å². The van der Waals surface area contributed by atoms with E-state index in [9.17, 15) is 9.59 Å². The van der Waals surface area contributed by atoms with Crippen LogP contribution in [0.4, 0.5) is 0 Å². The number of ether oxygens (including phenoxy) is 1. The molecule has 1 aromatic heterocycles. The highest BCUT2D eigenvalue weighted by Gasteiger charge is 2.18. The van der Waals surface area contributed by atoms with Gasteiger partial charge < -0.3 is 15.6 Å². The number of hydrogen-bond acceptors (Lipinski definition) is 5. The average molecular weight is 256 g/mol. The van der Waals surface area contributed by atoms with Crippen molar-refractivity contribution in [2.75, 3.05) is 7.11 Å². The van der Waals surface area contributed by atoms with Crippen molar-refractivity contribution in [2.45, 2.75) is 32.4 Å². The smallest absolute Gasteiger partial charge is 0.358 e. The maximum Gasteiger partial charge on any atom is 0.358 e. The predicted octanol–water partition coefficient (Wildman–Crippen LogP) is -0.222. The van der Waals surface area contributed by atoms with Gasteiger partial charge in [0.25, 0.3) is 0 Å². The average Bonchev–Trinajstić information content (AvgIpc) is 2.68. The van der Waals surface area contributed by atoms with Crippen LogP contribution >= 0.6 is 0 Å². The molecule has 0 saturated carbocycles. The summed E-state index contributed by atoms with van der Waals surface area (Å²) in [5.74, 6) is -1.48. The molecule has 0 fully saturated rings. The molecule has 1 heterocycles. The topological polar surface area (TPSA) is 120 Å². The number of methoxy groups -OCH3 is 1. The molecule has 18 heavy (non-hydrogen) atoms. The Morgan fingerprint density at radius 2 is 2.17 bits per heavy atom. The molecule has 0 aromatic carbocycles. The van der Waals surface area contributed by atoms with Crippen molar-refractivity contribution in [3.8, 4) is 0 Å². The molecule has 0 aliphatic rings. The van der Waals surface area contributed by atoms with Gasteiger partial charge in [-0.2, -0.15) is 0 Å². The third kappa shape index (κ3) is 3.81. The summed E-state index contributed by atoms with van der Waals surface area (Å²) in [5.41, 5.74) is 5.34. The summed E-state index contributed by atoms with van der Waals surface area (Å²) in [6.45, 7) is 0.608. The van der Waals surface area contributed by atoms with Gasteiger partial charge in [-0.05, 0) is 12.8 Å². The third-order valence-electron chi connectivity index (χ3n) is 2.36. The molecule has 1 amide bonds.